The zero-order valence-corrected chi connectivity index (χ0v) is 7.23. The summed E-state index contributed by atoms with van der Waals surface area (Å²) in [7, 11) is 0. The molecule has 1 rings (SSSR count). The minimum absolute atomic E-state index is 0.874. The van der Waals surface area contributed by atoms with Crippen molar-refractivity contribution >= 4 is 11.6 Å². The van der Waals surface area contributed by atoms with Crippen LogP contribution in [0, 0.1) is 0 Å². The zero-order chi connectivity index (χ0) is 10.1. The number of halogens is 4. The van der Waals surface area contributed by atoms with Gasteiger partial charge >= 0.3 is 6.18 Å². The SMILES string of the molecule is NNC1C=CC=CC1(Cl)C(F)(F)F. The maximum Gasteiger partial charge on any atom is 0.413 e. The molecule has 2 unspecified atom stereocenters. The number of nitrogens with two attached hydrogens (primary N) is 1. The second-order valence-corrected chi connectivity index (χ2v) is 3.28. The van der Waals surface area contributed by atoms with Crippen molar-refractivity contribution in [2.75, 3.05) is 0 Å². The van der Waals surface area contributed by atoms with Gasteiger partial charge < -0.3 is 0 Å². The second kappa shape index (κ2) is 3.32. The van der Waals surface area contributed by atoms with E-state index < -0.39 is 17.1 Å². The molecule has 0 aromatic heterocycles. The molecule has 3 N–H and O–H groups in total. The average Bonchev–Trinajstić information content (AvgIpc) is 2.03. The Morgan fingerprint density at radius 3 is 2.38 bits per heavy atom. The number of rotatable bonds is 1. The van der Waals surface area contributed by atoms with Gasteiger partial charge in [0.05, 0.1) is 6.04 Å². The van der Waals surface area contributed by atoms with Crippen LogP contribution in [0.4, 0.5) is 13.2 Å². The van der Waals surface area contributed by atoms with Gasteiger partial charge in [-0.1, -0.05) is 24.3 Å². The number of nitrogens with one attached hydrogen (secondary N) is 1. The summed E-state index contributed by atoms with van der Waals surface area (Å²) in [5.74, 6) is 4.96. The van der Waals surface area contributed by atoms with Crippen LogP contribution in [0.25, 0.3) is 0 Å². The maximum absolute atomic E-state index is 12.4. The first-order valence-electron chi connectivity index (χ1n) is 3.49. The van der Waals surface area contributed by atoms with Gasteiger partial charge in [0.2, 0.25) is 0 Å². The van der Waals surface area contributed by atoms with Gasteiger partial charge in [0.25, 0.3) is 0 Å². The summed E-state index contributed by atoms with van der Waals surface area (Å²) in [6.45, 7) is 0. The Labute approximate surface area is 78.2 Å². The summed E-state index contributed by atoms with van der Waals surface area (Å²) in [6, 6.07) is -1.14. The highest BCUT2D eigenvalue weighted by Crippen LogP contribution is 2.41. The fraction of sp³-hybridized carbons (Fsp3) is 0.429. The number of alkyl halides is 4. The molecular weight excluding hydrogens is 205 g/mol. The van der Waals surface area contributed by atoms with Crippen molar-refractivity contribution in [2.24, 2.45) is 5.84 Å². The van der Waals surface area contributed by atoms with Crippen LogP contribution in [-0.4, -0.2) is 17.1 Å². The molecule has 0 radical (unpaired) electrons. The van der Waals surface area contributed by atoms with Crippen molar-refractivity contribution in [1.29, 1.82) is 0 Å². The van der Waals surface area contributed by atoms with Gasteiger partial charge in [0.15, 0.2) is 4.87 Å². The molecule has 1 aliphatic rings. The molecule has 6 heteroatoms. The minimum atomic E-state index is -4.53. The highest BCUT2D eigenvalue weighted by molar-refractivity contribution is 6.26. The molecule has 1 aliphatic carbocycles. The Kier molecular flexibility index (Phi) is 2.70. The molecule has 0 fully saturated rings. The van der Waals surface area contributed by atoms with Crippen molar-refractivity contribution in [1.82, 2.24) is 5.43 Å². The summed E-state index contributed by atoms with van der Waals surface area (Å²) in [4.78, 5) is -2.45. The summed E-state index contributed by atoms with van der Waals surface area (Å²) >= 11 is 5.41. The highest BCUT2D eigenvalue weighted by atomic mass is 35.5. The van der Waals surface area contributed by atoms with Gasteiger partial charge in [-0.05, 0) is 0 Å². The first kappa shape index (κ1) is 10.6. The lowest BCUT2D eigenvalue weighted by atomic mass is 9.94. The average molecular weight is 213 g/mol. The molecule has 2 atom stereocenters. The molecule has 0 saturated heterocycles. The normalized spacial score (nSPS) is 33.8. The van der Waals surface area contributed by atoms with E-state index in [-0.39, 0.29) is 0 Å². The molecule has 0 aliphatic heterocycles. The van der Waals surface area contributed by atoms with Crippen LogP contribution in [0.3, 0.4) is 0 Å². The third-order valence-corrected chi connectivity index (χ3v) is 2.40. The lowest BCUT2D eigenvalue weighted by molar-refractivity contribution is -0.154. The van der Waals surface area contributed by atoms with E-state index in [4.69, 9.17) is 17.4 Å². The predicted octanol–water partition coefficient (Wildman–Crippen LogP) is 1.48. The molecule has 0 heterocycles. The quantitative estimate of drug-likeness (QED) is 0.393. The Balaban J connectivity index is 3.00. The van der Waals surface area contributed by atoms with Crippen LogP contribution in [0.5, 0.6) is 0 Å². The predicted molar refractivity (Wildman–Crippen MR) is 44.0 cm³/mol. The fourth-order valence-corrected chi connectivity index (χ4v) is 1.27. The highest BCUT2D eigenvalue weighted by Gasteiger charge is 2.56. The van der Waals surface area contributed by atoms with E-state index in [2.05, 4.69) is 0 Å². The molecule has 0 saturated carbocycles. The van der Waals surface area contributed by atoms with E-state index in [1.54, 1.807) is 0 Å². The van der Waals surface area contributed by atoms with Gasteiger partial charge in [-0.3, -0.25) is 11.3 Å². The fourth-order valence-electron chi connectivity index (χ4n) is 1.06. The largest absolute Gasteiger partial charge is 0.413 e. The molecule has 0 spiro atoms. The molecule has 0 bridgehead atoms. The Bertz CT molecular complexity index is 249. The van der Waals surface area contributed by atoms with Crippen molar-refractivity contribution in [3.05, 3.63) is 24.3 Å². The first-order valence-corrected chi connectivity index (χ1v) is 3.87. The molecule has 0 aromatic rings. The van der Waals surface area contributed by atoms with E-state index in [1.807, 2.05) is 5.43 Å². The number of allylic oxidation sites excluding steroid dienone is 2. The van der Waals surface area contributed by atoms with Crippen LogP contribution < -0.4 is 11.3 Å². The summed E-state index contributed by atoms with van der Waals surface area (Å²) < 4.78 is 37.3. The zero-order valence-electron chi connectivity index (χ0n) is 6.48. The monoisotopic (exact) mass is 212 g/mol. The van der Waals surface area contributed by atoms with Crippen LogP contribution in [0.1, 0.15) is 0 Å². The Morgan fingerprint density at radius 1 is 1.38 bits per heavy atom. The third-order valence-electron chi connectivity index (χ3n) is 1.82. The number of hydrazine groups is 1. The van der Waals surface area contributed by atoms with Crippen LogP contribution >= 0.6 is 11.6 Å². The lowest BCUT2D eigenvalue weighted by Gasteiger charge is -2.33. The van der Waals surface area contributed by atoms with Crippen LogP contribution in [0.15, 0.2) is 24.3 Å². The van der Waals surface area contributed by atoms with Crippen LogP contribution in [-0.2, 0) is 0 Å². The Hall–Kier alpha value is -0.520. The molecule has 0 amide bonds. The van der Waals surface area contributed by atoms with Crippen molar-refractivity contribution in [3.63, 3.8) is 0 Å². The smallest absolute Gasteiger partial charge is 0.271 e. The lowest BCUT2D eigenvalue weighted by Crippen LogP contribution is -2.56. The van der Waals surface area contributed by atoms with E-state index >= 15 is 0 Å². The minimum Gasteiger partial charge on any atom is -0.271 e. The first-order chi connectivity index (χ1) is 5.92. The molecule has 74 valence electrons. The van der Waals surface area contributed by atoms with E-state index in [1.165, 1.54) is 18.2 Å². The molecule has 13 heavy (non-hydrogen) atoms. The van der Waals surface area contributed by atoms with E-state index in [0.29, 0.717) is 0 Å². The molecular formula is C7H8ClF3N2. The third kappa shape index (κ3) is 1.72. The maximum atomic E-state index is 12.4. The van der Waals surface area contributed by atoms with Gasteiger partial charge in [-0.2, -0.15) is 13.2 Å². The van der Waals surface area contributed by atoms with Crippen molar-refractivity contribution < 1.29 is 13.2 Å². The number of hydrogen-bond donors (Lipinski definition) is 2. The Morgan fingerprint density at radius 2 is 2.00 bits per heavy atom. The van der Waals surface area contributed by atoms with E-state index in [9.17, 15) is 13.2 Å². The van der Waals surface area contributed by atoms with Gasteiger partial charge in [-0.25, -0.2) is 0 Å². The van der Waals surface area contributed by atoms with E-state index in [0.717, 1.165) is 6.08 Å². The van der Waals surface area contributed by atoms with Gasteiger partial charge in [-0.15, -0.1) is 11.6 Å². The van der Waals surface area contributed by atoms with Gasteiger partial charge in [0, 0.05) is 0 Å². The van der Waals surface area contributed by atoms with Crippen molar-refractivity contribution in [3.8, 4) is 0 Å². The van der Waals surface area contributed by atoms with Gasteiger partial charge in [0.1, 0.15) is 0 Å². The van der Waals surface area contributed by atoms with Crippen molar-refractivity contribution in [2.45, 2.75) is 17.1 Å². The standard InChI is InChI=1S/C7H8ClF3N2/c8-6(7(9,10)11)4-2-1-3-5(6)13-12/h1-5,13H,12H2. The second-order valence-electron chi connectivity index (χ2n) is 2.65. The summed E-state index contributed by atoms with van der Waals surface area (Å²) in [6.07, 6.45) is 0.303. The summed E-state index contributed by atoms with van der Waals surface area (Å²) in [5, 5.41) is 0. The summed E-state index contributed by atoms with van der Waals surface area (Å²) in [5.41, 5.74) is 2.01. The topological polar surface area (TPSA) is 38.0 Å². The molecule has 2 nitrogen and oxygen atoms in total. The molecule has 0 aromatic carbocycles. The van der Waals surface area contributed by atoms with Crippen LogP contribution in [0.2, 0.25) is 0 Å². The number of hydrogen-bond acceptors (Lipinski definition) is 2.